The SMILES string of the molecule is Cc1cccnc1Nc1nc(-c2cc(C)c(C(N)=O)c(C)n2)no1. The summed E-state index contributed by atoms with van der Waals surface area (Å²) in [5.74, 6) is 0.440. The van der Waals surface area contributed by atoms with Crippen molar-refractivity contribution in [2.75, 3.05) is 5.32 Å². The monoisotopic (exact) mass is 324 g/mol. The number of hydrogen-bond acceptors (Lipinski definition) is 7. The quantitative estimate of drug-likeness (QED) is 0.755. The minimum atomic E-state index is -0.509. The molecule has 0 unspecified atom stereocenters. The fourth-order valence-electron chi connectivity index (χ4n) is 2.41. The van der Waals surface area contributed by atoms with Gasteiger partial charge in [0.05, 0.1) is 11.3 Å². The van der Waals surface area contributed by atoms with Crippen LogP contribution in [0.4, 0.5) is 11.8 Å². The van der Waals surface area contributed by atoms with Crippen molar-refractivity contribution in [3.8, 4) is 11.5 Å². The van der Waals surface area contributed by atoms with Gasteiger partial charge in [0.1, 0.15) is 11.5 Å². The maximum absolute atomic E-state index is 11.4. The van der Waals surface area contributed by atoms with E-state index in [1.807, 2.05) is 19.1 Å². The van der Waals surface area contributed by atoms with Gasteiger partial charge in [0.15, 0.2) is 0 Å². The van der Waals surface area contributed by atoms with E-state index in [0.29, 0.717) is 34.2 Å². The van der Waals surface area contributed by atoms with Gasteiger partial charge < -0.3 is 10.3 Å². The number of nitrogens with two attached hydrogens (primary N) is 1. The second kappa shape index (κ2) is 6.07. The molecule has 3 rings (SSSR count). The van der Waals surface area contributed by atoms with E-state index in [9.17, 15) is 4.79 Å². The molecule has 0 aliphatic carbocycles. The Hall–Kier alpha value is -3.29. The summed E-state index contributed by atoms with van der Waals surface area (Å²) in [4.78, 5) is 24.3. The van der Waals surface area contributed by atoms with Gasteiger partial charge in [0.25, 0.3) is 5.91 Å². The first-order valence-corrected chi connectivity index (χ1v) is 7.26. The molecule has 122 valence electrons. The number of carbonyl (C=O) groups excluding carboxylic acids is 1. The second-order valence-electron chi connectivity index (χ2n) is 5.37. The first-order valence-electron chi connectivity index (χ1n) is 7.26. The van der Waals surface area contributed by atoms with Gasteiger partial charge in [0, 0.05) is 6.20 Å². The molecule has 0 aliphatic rings. The van der Waals surface area contributed by atoms with Crippen LogP contribution in [0.15, 0.2) is 28.9 Å². The molecule has 3 heterocycles. The van der Waals surface area contributed by atoms with Crippen LogP contribution in [0.3, 0.4) is 0 Å². The normalized spacial score (nSPS) is 10.6. The summed E-state index contributed by atoms with van der Waals surface area (Å²) in [6.45, 7) is 5.42. The van der Waals surface area contributed by atoms with E-state index in [-0.39, 0.29) is 6.01 Å². The van der Waals surface area contributed by atoms with Gasteiger partial charge in [-0.25, -0.2) is 9.97 Å². The number of carbonyl (C=O) groups is 1. The van der Waals surface area contributed by atoms with Crippen LogP contribution in [0.1, 0.15) is 27.2 Å². The van der Waals surface area contributed by atoms with E-state index in [2.05, 4.69) is 25.4 Å². The third-order valence-electron chi connectivity index (χ3n) is 3.53. The van der Waals surface area contributed by atoms with E-state index >= 15 is 0 Å². The van der Waals surface area contributed by atoms with Crippen LogP contribution >= 0.6 is 0 Å². The van der Waals surface area contributed by atoms with E-state index in [1.54, 1.807) is 26.1 Å². The molecule has 3 N–H and O–H groups in total. The number of anilines is 2. The number of pyridine rings is 2. The lowest BCUT2D eigenvalue weighted by Gasteiger charge is -2.06. The Morgan fingerprint density at radius 2 is 2.00 bits per heavy atom. The molecule has 24 heavy (non-hydrogen) atoms. The number of rotatable bonds is 4. The maximum atomic E-state index is 11.4. The van der Waals surface area contributed by atoms with Crippen LogP contribution in [0, 0.1) is 20.8 Å². The van der Waals surface area contributed by atoms with Crippen LogP contribution in [0.25, 0.3) is 11.5 Å². The first kappa shape index (κ1) is 15.6. The highest BCUT2D eigenvalue weighted by atomic mass is 16.5. The number of aromatic nitrogens is 4. The molecule has 0 bridgehead atoms. The Balaban J connectivity index is 1.91. The van der Waals surface area contributed by atoms with Crippen molar-refractivity contribution >= 4 is 17.7 Å². The summed E-state index contributed by atoms with van der Waals surface area (Å²) < 4.78 is 5.19. The minimum Gasteiger partial charge on any atom is -0.366 e. The lowest BCUT2D eigenvalue weighted by atomic mass is 10.1. The van der Waals surface area contributed by atoms with Crippen molar-refractivity contribution < 1.29 is 9.32 Å². The smallest absolute Gasteiger partial charge is 0.327 e. The summed E-state index contributed by atoms with van der Waals surface area (Å²) in [6, 6.07) is 5.68. The largest absolute Gasteiger partial charge is 0.366 e. The summed E-state index contributed by atoms with van der Waals surface area (Å²) in [5, 5.41) is 6.88. The molecule has 0 spiro atoms. The molecule has 0 atom stereocenters. The third kappa shape index (κ3) is 2.94. The number of hydrogen-bond donors (Lipinski definition) is 2. The number of aryl methyl sites for hydroxylation is 3. The van der Waals surface area contributed by atoms with Crippen LogP contribution in [-0.2, 0) is 0 Å². The van der Waals surface area contributed by atoms with E-state index < -0.39 is 5.91 Å². The molecule has 8 nitrogen and oxygen atoms in total. The number of nitrogens with zero attached hydrogens (tertiary/aromatic N) is 4. The van der Waals surface area contributed by atoms with E-state index in [1.165, 1.54) is 0 Å². The van der Waals surface area contributed by atoms with Gasteiger partial charge in [-0.3, -0.25) is 10.1 Å². The van der Waals surface area contributed by atoms with Gasteiger partial charge in [-0.05, 0) is 44.0 Å². The molecular formula is C16H16N6O2. The van der Waals surface area contributed by atoms with Crippen LogP contribution < -0.4 is 11.1 Å². The highest BCUT2D eigenvalue weighted by Gasteiger charge is 2.16. The van der Waals surface area contributed by atoms with Crippen LogP contribution in [-0.4, -0.2) is 26.0 Å². The first-order chi connectivity index (χ1) is 11.5. The predicted octanol–water partition coefficient (Wildman–Crippen LogP) is 2.29. The molecule has 0 saturated heterocycles. The molecule has 8 heteroatoms. The molecule has 0 fully saturated rings. The molecule has 0 aromatic carbocycles. The fourth-order valence-corrected chi connectivity index (χ4v) is 2.41. The van der Waals surface area contributed by atoms with E-state index in [0.717, 1.165) is 5.56 Å². The molecular weight excluding hydrogens is 308 g/mol. The molecule has 3 aromatic rings. The van der Waals surface area contributed by atoms with Crippen molar-refractivity contribution in [2.45, 2.75) is 20.8 Å². The lowest BCUT2D eigenvalue weighted by Crippen LogP contribution is -2.15. The van der Waals surface area contributed by atoms with Crippen molar-refractivity contribution in [3.05, 3.63) is 46.8 Å². The molecule has 3 aromatic heterocycles. The summed E-state index contributed by atoms with van der Waals surface area (Å²) in [7, 11) is 0. The molecule has 0 saturated carbocycles. The highest BCUT2D eigenvalue weighted by Crippen LogP contribution is 2.22. The summed E-state index contributed by atoms with van der Waals surface area (Å²) in [6.07, 6.45) is 1.67. The average molecular weight is 324 g/mol. The molecule has 1 amide bonds. The van der Waals surface area contributed by atoms with Gasteiger partial charge in [0.2, 0.25) is 5.82 Å². The Morgan fingerprint density at radius 3 is 2.67 bits per heavy atom. The van der Waals surface area contributed by atoms with Crippen molar-refractivity contribution in [3.63, 3.8) is 0 Å². The zero-order valence-corrected chi connectivity index (χ0v) is 13.5. The number of primary amides is 1. The minimum absolute atomic E-state index is 0.211. The Kier molecular flexibility index (Phi) is 3.95. The highest BCUT2D eigenvalue weighted by molar-refractivity contribution is 5.95. The topological polar surface area (TPSA) is 120 Å². The number of nitrogens with one attached hydrogen (secondary N) is 1. The van der Waals surface area contributed by atoms with E-state index in [4.69, 9.17) is 10.3 Å². The van der Waals surface area contributed by atoms with Gasteiger partial charge >= 0.3 is 6.01 Å². The summed E-state index contributed by atoms with van der Waals surface area (Å²) in [5.41, 5.74) is 8.46. The van der Waals surface area contributed by atoms with Crippen molar-refractivity contribution in [1.29, 1.82) is 0 Å². The Bertz CT molecular complexity index is 895. The van der Waals surface area contributed by atoms with Crippen molar-refractivity contribution in [1.82, 2.24) is 20.1 Å². The Labute approximate surface area is 138 Å². The molecule has 0 radical (unpaired) electrons. The number of amides is 1. The van der Waals surface area contributed by atoms with Gasteiger partial charge in [-0.15, -0.1) is 0 Å². The Morgan fingerprint density at radius 1 is 1.21 bits per heavy atom. The maximum Gasteiger partial charge on any atom is 0.327 e. The van der Waals surface area contributed by atoms with Crippen LogP contribution in [0.2, 0.25) is 0 Å². The van der Waals surface area contributed by atoms with Gasteiger partial charge in [-0.2, -0.15) is 4.98 Å². The third-order valence-corrected chi connectivity index (χ3v) is 3.53. The summed E-state index contributed by atoms with van der Waals surface area (Å²) >= 11 is 0. The average Bonchev–Trinajstić information content (AvgIpc) is 2.97. The zero-order valence-electron chi connectivity index (χ0n) is 13.5. The second-order valence-corrected chi connectivity index (χ2v) is 5.37. The predicted molar refractivity (Wildman–Crippen MR) is 87.8 cm³/mol. The standard InChI is InChI=1S/C16H16N6O2/c1-8-5-4-6-18-14(8)20-16-21-15(22-24-16)11-7-9(2)12(13(17)23)10(3)19-11/h4-7H,1-3H3,(H2,17,23)(H,18,20,21,22). The zero-order chi connectivity index (χ0) is 17.3. The van der Waals surface area contributed by atoms with Crippen molar-refractivity contribution in [2.24, 2.45) is 5.73 Å². The fraction of sp³-hybridized carbons (Fsp3) is 0.188. The lowest BCUT2D eigenvalue weighted by molar-refractivity contribution is 0.0998. The molecule has 0 aliphatic heterocycles. The van der Waals surface area contributed by atoms with Crippen LogP contribution in [0.5, 0.6) is 0 Å². The van der Waals surface area contributed by atoms with Gasteiger partial charge in [-0.1, -0.05) is 11.2 Å².